The SMILES string of the molecule is CC(=O)OCOCO. The van der Waals surface area contributed by atoms with Crippen LogP contribution in [-0.4, -0.2) is 24.7 Å². The first-order chi connectivity index (χ1) is 3.77. The second-order valence-electron chi connectivity index (χ2n) is 1.09. The minimum Gasteiger partial charge on any atom is -0.439 e. The van der Waals surface area contributed by atoms with Gasteiger partial charge in [0.25, 0.3) is 0 Å². The van der Waals surface area contributed by atoms with E-state index in [4.69, 9.17) is 5.11 Å². The van der Waals surface area contributed by atoms with Gasteiger partial charge in [0.05, 0.1) is 0 Å². The number of esters is 1. The van der Waals surface area contributed by atoms with Crippen LogP contribution in [0.15, 0.2) is 0 Å². The van der Waals surface area contributed by atoms with Crippen LogP contribution in [0.2, 0.25) is 0 Å². The summed E-state index contributed by atoms with van der Waals surface area (Å²) in [5.41, 5.74) is 0. The van der Waals surface area contributed by atoms with Crippen LogP contribution in [0.4, 0.5) is 0 Å². The van der Waals surface area contributed by atoms with Gasteiger partial charge in [0.15, 0.2) is 6.79 Å². The van der Waals surface area contributed by atoms with Crippen LogP contribution < -0.4 is 0 Å². The van der Waals surface area contributed by atoms with E-state index >= 15 is 0 Å². The molecule has 8 heavy (non-hydrogen) atoms. The highest BCUT2D eigenvalue weighted by Gasteiger charge is 1.87. The maximum atomic E-state index is 9.93. The fourth-order valence-corrected chi connectivity index (χ4v) is 0.162. The van der Waals surface area contributed by atoms with E-state index in [9.17, 15) is 4.79 Å². The molecule has 0 bridgehead atoms. The fourth-order valence-electron chi connectivity index (χ4n) is 0.162. The van der Waals surface area contributed by atoms with Crippen molar-refractivity contribution in [3.8, 4) is 0 Å². The van der Waals surface area contributed by atoms with Crippen LogP contribution in [0.1, 0.15) is 6.92 Å². The van der Waals surface area contributed by atoms with Crippen molar-refractivity contribution >= 4 is 5.97 Å². The Morgan fingerprint density at radius 1 is 1.75 bits per heavy atom. The highest BCUT2D eigenvalue weighted by molar-refractivity contribution is 5.65. The van der Waals surface area contributed by atoms with Crippen LogP contribution in [-0.2, 0) is 14.3 Å². The molecule has 0 amide bonds. The summed E-state index contributed by atoms with van der Waals surface area (Å²) in [5.74, 6) is -0.418. The van der Waals surface area contributed by atoms with E-state index in [0.29, 0.717) is 0 Å². The van der Waals surface area contributed by atoms with Crippen LogP contribution >= 0.6 is 0 Å². The Hall–Kier alpha value is -0.610. The molecule has 0 atom stereocenters. The molecule has 0 radical (unpaired) electrons. The van der Waals surface area contributed by atoms with Crippen molar-refractivity contribution in [2.75, 3.05) is 13.6 Å². The summed E-state index contributed by atoms with van der Waals surface area (Å²) in [6, 6.07) is 0. The summed E-state index contributed by atoms with van der Waals surface area (Å²) < 4.78 is 8.52. The van der Waals surface area contributed by atoms with E-state index in [1.54, 1.807) is 0 Å². The van der Waals surface area contributed by atoms with Gasteiger partial charge in [0, 0.05) is 6.92 Å². The largest absolute Gasteiger partial charge is 0.439 e. The summed E-state index contributed by atoms with van der Waals surface area (Å²) in [5, 5.41) is 7.97. The summed E-state index contributed by atoms with van der Waals surface area (Å²) >= 11 is 0. The highest BCUT2D eigenvalue weighted by Crippen LogP contribution is 1.75. The summed E-state index contributed by atoms with van der Waals surface area (Å²) in [7, 11) is 0. The van der Waals surface area contributed by atoms with E-state index < -0.39 is 12.8 Å². The van der Waals surface area contributed by atoms with Gasteiger partial charge in [-0.05, 0) is 0 Å². The van der Waals surface area contributed by atoms with E-state index in [0.717, 1.165) is 0 Å². The van der Waals surface area contributed by atoms with Gasteiger partial charge in [0.2, 0.25) is 0 Å². The summed E-state index contributed by atoms with van der Waals surface area (Å²) in [6.45, 7) is 0.667. The molecule has 0 aromatic carbocycles. The third-order valence-electron chi connectivity index (χ3n) is 0.437. The molecule has 0 saturated heterocycles. The number of ether oxygens (including phenoxy) is 2. The maximum Gasteiger partial charge on any atom is 0.304 e. The third-order valence-corrected chi connectivity index (χ3v) is 0.437. The van der Waals surface area contributed by atoms with E-state index in [-0.39, 0.29) is 6.79 Å². The second-order valence-corrected chi connectivity index (χ2v) is 1.09. The van der Waals surface area contributed by atoms with Crippen molar-refractivity contribution in [1.82, 2.24) is 0 Å². The lowest BCUT2D eigenvalue weighted by Gasteiger charge is -1.97. The van der Waals surface area contributed by atoms with Gasteiger partial charge in [-0.25, -0.2) is 0 Å². The molecule has 4 heteroatoms. The molecule has 0 unspecified atom stereocenters. The Labute approximate surface area is 47.0 Å². The van der Waals surface area contributed by atoms with Crippen molar-refractivity contribution in [1.29, 1.82) is 0 Å². The predicted octanol–water partition coefficient (Wildman–Crippen LogP) is -0.527. The molecule has 0 rings (SSSR count). The van der Waals surface area contributed by atoms with Gasteiger partial charge >= 0.3 is 5.97 Å². The van der Waals surface area contributed by atoms with Gasteiger partial charge in [-0.3, -0.25) is 4.79 Å². The molecule has 48 valence electrons. The first kappa shape index (κ1) is 7.39. The van der Waals surface area contributed by atoms with E-state index in [1.807, 2.05) is 0 Å². The average molecular weight is 120 g/mol. The third kappa shape index (κ3) is 5.39. The van der Waals surface area contributed by atoms with Gasteiger partial charge < -0.3 is 14.6 Å². The molecule has 0 aromatic rings. The minimum atomic E-state index is -0.423. The first-order valence-electron chi connectivity index (χ1n) is 2.09. The maximum absolute atomic E-state index is 9.93. The average Bonchev–Trinajstić information content (AvgIpc) is 1.66. The molecule has 0 aliphatic heterocycles. The van der Waals surface area contributed by atoms with Gasteiger partial charge in [-0.15, -0.1) is 0 Å². The monoisotopic (exact) mass is 120 g/mol. The fraction of sp³-hybridized carbons (Fsp3) is 0.750. The van der Waals surface area contributed by atoms with Crippen molar-refractivity contribution < 1.29 is 19.4 Å². The van der Waals surface area contributed by atoms with Crippen LogP contribution in [0.5, 0.6) is 0 Å². The second kappa shape index (κ2) is 4.55. The van der Waals surface area contributed by atoms with Crippen molar-refractivity contribution in [2.45, 2.75) is 6.92 Å². The number of hydrogen-bond donors (Lipinski definition) is 1. The molecule has 1 N–H and O–H groups in total. The Kier molecular flexibility index (Phi) is 4.20. The lowest BCUT2D eigenvalue weighted by Crippen LogP contribution is -2.04. The molecular weight excluding hydrogens is 112 g/mol. The van der Waals surface area contributed by atoms with Crippen LogP contribution in [0.25, 0.3) is 0 Å². The zero-order valence-corrected chi connectivity index (χ0v) is 4.59. The number of carbonyl (C=O) groups excluding carboxylic acids is 1. The molecule has 0 saturated carbocycles. The molecule has 0 spiro atoms. The summed E-state index contributed by atoms with van der Waals surface area (Å²) in [4.78, 5) is 9.93. The minimum absolute atomic E-state index is 0.175. The Balaban J connectivity index is 2.82. The molecule has 0 aliphatic carbocycles. The normalized spacial score (nSPS) is 8.75. The van der Waals surface area contributed by atoms with Crippen molar-refractivity contribution in [3.63, 3.8) is 0 Å². The molecule has 0 heterocycles. The first-order valence-corrected chi connectivity index (χ1v) is 2.09. The number of carbonyl (C=O) groups is 1. The van der Waals surface area contributed by atoms with Crippen molar-refractivity contribution in [3.05, 3.63) is 0 Å². The quantitative estimate of drug-likeness (QED) is 0.309. The molecule has 0 aromatic heterocycles. The lowest BCUT2D eigenvalue weighted by atomic mass is 10.8. The van der Waals surface area contributed by atoms with Crippen LogP contribution in [0.3, 0.4) is 0 Å². The van der Waals surface area contributed by atoms with Gasteiger partial charge in [-0.2, -0.15) is 0 Å². The molecular formula is C4H8O4. The number of aliphatic hydroxyl groups is 1. The zero-order chi connectivity index (χ0) is 6.41. The van der Waals surface area contributed by atoms with E-state index in [1.165, 1.54) is 6.92 Å². The predicted molar refractivity (Wildman–Crippen MR) is 24.8 cm³/mol. The summed E-state index contributed by atoms with van der Waals surface area (Å²) in [6.07, 6.45) is 0. The van der Waals surface area contributed by atoms with Crippen molar-refractivity contribution in [2.24, 2.45) is 0 Å². The topological polar surface area (TPSA) is 55.8 Å². The smallest absolute Gasteiger partial charge is 0.304 e. The molecule has 4 nitrogen and oxygen atoms in total. The van der Waals surface area contributed by atoms with E-state index in [2.05, 4.69) is 9.47 Å². The standard InChI is InChI=1S/C4H8O4/c1-4(6)8-3-7-2-5/h5H,2-3H2,1H3. The Morgan fingerprint density at radius 3 is 2.75 bits per heavy atom. The Bertz CT molecular complexity index is 70.4. The number of rotatable bonds is 3. The van der Waals surface area contributed by atoms with Crippen LogP contribution in [0, 0.1) is 0 Å². The Morgan fingerprint density at radius 2 is 2.38 bits per heavy atom. The zero-order valence-electron chi connectivity index (χ0n) is 4.59. The van der Waals surface area contributed by atoms with Gasteiger partial charge in [0.1, 0.15) is 6.79 Å². The number of aliphatic hydroxyl groups excluding tert-OH is 1. The van der Waals surface area contributed by atoms with Gasteiger partial charge in [-0.1, -0.05) is 0 Å². The molecule has 0 aliphatic rings. The number of hydrogen-bond acceptors (Lipinski definition) is 4. The lowest BCUT2D eigenvalue weighted by molar-refractivity contribution is -0.160. The highest BCUT2D eigenvalue weighted by atomic mass is 16.7. The molecule has 0 fully saturated rings.